The molecule has 0 spiro atoms. The van der Waals surface area contributed by atoms with Crippen molar-refractivity contribution in [3.8, 4) is 0 Å². The molecule has 0 aromatic carbocycles. The third kappa shape index (κ3) is 2.63. The van der Waals surface area contributed by atoms with Crippen LogP contribution >= 0.6 is 0 Å². The van der Waals surface area contributed by atoms with Crippen molar-refractivity contribution in [3.05, 3.63) is 18.1 Å². The van der Waals surface area contributed by atoms with Crippen LogP contribution in [0.15, 0.2) is 12.4 Å². The van der Waals surface area contributed by atoms with E-state index in [1.807, 2.05) is 0 Å². The van der Waals surface area contributed by atoms with Gasteiger partial charge in [0.2, 0.25) is 0 Å². The second kappa shape index (κ2) is 4.22. The molecule has 1 fully saturated rings. The molecule has 1 heterocycles. The maximum Gasteiger partial charge on any atom is 0.271 e. The van der Waals surface area contributed by atoms with E-state index in [0.29, 0.717) is 17.4 Å². The zero-order valence-corrected chi connectivity index (χ0v) is 8.23. The average Bonchev–Trinajstić information content (AvgIpc) is 3.10. The van der Waals surface area contributed by atoms with Crippen LogP contribution in [0, 0.1) is 5.92 Å². The van der Waals surface area contributed by atoms with E-state index in [2.05, 4.69) is 20.7 Å². The normalized spacial score (nSPS) is 14.7. The highest BCUT2D eigenvalue weighted by Crippen LogP contribution is 2.27. The second-order valence-corrected chi connectivity index (χ2v) is 3.58. The molecule has 1 aliphatic carbocycles. The van der Waals surface area contributed by atoms with E-state index in [0.717, 1.165) is 6.54 Å². The molecule has 0 radical (unpaired) electrons. The van der Waals surface area contributed by atoms with Gasteiger partial charge in [-0.1, -0.05) is 0 Å². The van der Waals surface area contributed by atoms with Crippen molar-refractivity contribution >= 4 is 11.7 Å². The van der Waals surface area contributed by atoms with Crippen molar-refractivity contribution in [1.29, 1.82) is 0 Å². The molecule has 15 heavy (non-hydrogen) atoms. The highest BCUT2D eigenvalue weighted by atomic mass is 16.1. The van der Waals surface area contributed by atoms with Gasteiger partial charge in [0.05, 0.1) is 12.4 Å². The first-order valence-corrected chi connectivity index (χ1v) is 4.86. The molecule has 1 aromatic rings. The van der Waals surface area contributed by atoms with Crippen LogP contribution < -0.4 is 16.6 Å². The molecule has 1 saturated carbocycles. The van der Waals surface area contributed by atoms with Crippen molar-refractivity contribution in [3.63, 3.8) is 0 Å². The summed E-state index contributed by atoms with van der Waals surface area (Å²) in [6.07, 6.45) is 5.24. The van der Waals surface area contributed by atoms with Crippen LogP contribution in [-0.2, 0) is 0 Å². The monoisotopic (exact) mass is 207 g/mol. The van der Waals surface area contributed by atoms with Crippen LogP contribution in [0.25, 0.3) is 0 Å². The van der Waals surface area contributed by atoms with Gasteiger partial charge in [0.25, 0.3) is 5.91 Å². The molecule has 0 atom stereocenters. The van der Waals surface area contributed by atoms with Crippen molar-refractivity contribution in [2.45, 2.75) is 12.8 Å². The summed E-state index contributed by atoms with van der Waals surface area (Å²) in [5.74, 6) is 6.04. The predicted octanol–water partition coefficient (Wildman–Crippen LogP) is -0.0980. The molecular formula is C9H13N5O. The summed E-state index contributed by atoms with van der Waals surface area (Å²) in [5, 5.41) is 2.81. The topological polar surface area (TPSA) is 92.9 Å². The van der Waals surface area contributed by atoms with E-state index in [-0.39, 0.29) is 5.91 Å². The van der Waals surface area contributed by atoms with E-state index < -0.39 is 0 Å². The minimum absolute atomic E-state index is 0.182. The number of nitrogen functional groups attached to an aromatic ring is 1. The third-order valence-electron chi connectivity index (χ3n) is 2.28. The van der Waals surface area contributed by atoms with Crippen LogP contribution in [0.4, 0.5) is 5.82 Å². The van der Waals surface area contributed by atoms with Gasteiger partial charge in [-0.3, -0.25) is 4.79 Å². The molecule has 0 bridgehead atoms. The van der Waals surface area contributed by atoms with Gasteiger partial charge in [-0.2, -0.15) is 0 Å². The third-order valence-corrected chi connectivity index (χ3v) is 2.28. The number of aromatic nitrogens is 2. The summed E-state index contributed by atoms with van der Waals surface area (Å²) in [7, 11) is 0. The number of nitrogens with zero attached hydrogens (tertiary/aromatic N) is 2. The van der Waals surface area contributed by atoms with Gasteiger partial charge in [-0.15, -0.1) is 0 Å². The fourth-order valence-corrected chi connectivity index (χ4v) is 1.17. The molecule has 1 amide bonds. The lowest BCUT2D eigenvalue weighted by Gasteiger charge is -2.03. The SMILES string of the molecule is NNc1cnc(C(=O)NCC2CC2)cn1. The molecule has 1 aromatic heterocycles. The first-order chi connectivity index (χ1) is 7.29. The minimum atomic E-state index is -0.182. The number of hydrogen-bond acceptors (Lipinski definition) is 5. The first-order valence-electron chi connectivity index (χ1n) is 4.86. The Labute approximate surface area is 87.3 Å². The van der Waals surface area contributed by atoms with Gasteiger partial charge in [-0.25, -0.2) is 15.8 Å². The largest absolute Gasteiger partial charge is 0.350 e. The number of anilines is 1. The lowest BCUT2D eigenvalue weighted by atomic mass is 10.3. The number of hydrogen-bond donors (Lipinski definition) is 3. The van der Waals surface area contributed by atoms with Gasteiger partial charge in [-0.05, 0) is 18.8 Å². The molecule has 6 nitrogen and oxygen atoms in total. The minimum Gasteiger partial charge on any atom is -0.350 e. The summed E-state index contributed by atoms with van der Waals surface area (Å²) < 4.78 is 0. The number of rotatable bonds is 4. The molecule has 80 valence electrons. The number of amides is 1. The van der Waals surface area contributed by atoms with Crippen LogP contribution in [0.5, 0.6) is 0 Å². The fraction of sp³-hybridized carbons (Fsp3) is 0.444. The van der Waals surface area contributed by atoms with Gasteiger partial charge in [0.15, 0.2) is 5.82 Å². The Morgan fingerprint density at radius 3 is 2.80 bits per heavy atom. The molecule has 1 aliphatic rings. The average molecular weight is 207 g/mol. The maximum atomic E-state index is 11.5. The standard InChI is InChI=1S/C9H13N5O/c10-14-8-5-11-7(4-12-8)9(15)13-3-6-1-2-6/h4-6H,1-3,10H2,(H,12,14)(H,13,15). The van der Waals surface area contributed by atoms with Gasteiger partial charge in [0, 0.05) is 6.54 Å². The van der Waals surface area contributed by atoms with E-state index in [9.17, 15) is 4.79 Å². The second-order valence-electron chi connectivity index (χ2n) is 3.58. The summed E-state index contributed by atoms with van der Waals surface area (Å²) in [5.41, 5.74) is 2.66. The first kappa shape index (κ1) is 9.85. The van der Waals surface area contributed by atoms with Crippen molar-refractivity contribution in [2.24, 2.45) is 11.8 Å². The summed E-state index contributed by atoms with van der Waals surface area (Å²) >= 11 is 0. The van der Waals surface area contributed by atoms with Gasteiger partial charge < -0.3 is 10.7 Å². The van der Waals surface area contributed by atoms with Crippen LogP contribution in [0.2, 0.25) is 0 Å². The lowest BCUT2D eigenvalue weighted by molar-refractivity contribution is 0.0946. The smallest absolute Gasteiger partial charge is 0.271 e. The van der Waals surface area contributed by atoms with E-state index in [4.69, 9.17) is 5.84 Å². The Balaban J connectivity index is 1.91. The summed E-state index contributed by atoms with van der Waals surface area (Å²) in [6.45, 7) is 0.734. The van der Waals surface area contributed by atoms with E-state index in [1.54, 1.807) is 0 Å². The zero-order valence-electron chi connectivity index (χ0n) is 8.23. The predicted molar refractivity (Wildman–Crippen MR) is 54.9 cm³/mol. The molecule has 0 saturated heterocycles. The van der Waals surface area contributed by atoms with Crippen molar-refractivity contribution in [2.75, 3.05) is 12.0 Å². The Hall–Kier alpha value is -1.69. The number of hydrazine groups is 1. The van der Waals surface area contributed by atoms with E-state index in [1.165, 1.54) is 25.2 Å². The Morgan fingerprint density at radius 2 is 2.27 bits per heavy atom. The zero-order chi connectivity index (χ0) is 10.7. The lowest BCUT2D eigenvalue weighted by Crippen LogP contribution is -2.26. The van der Waals surface area contributed by atoms with E-state index >= 15 is 0 Å². The van der Waals surface area contributed by atoms with Gasteiger partial charge >= 0.3 is 0 Å². The quantitative estimate of drug-likeness (QED) is 0.473. The van der Waals surface area contributed by atoms with Crippen molar-refractivity contribution < 1.29 is 4.79 Å². The van der Waals surface area contributed by atoms with Gasteiger partial charge in [0.1, 0.15) is 5.69 Å². The van der Waals surface area contributed by atoms with Crippen LogP contribution in [-0.4, -0.2) is 22.4 Å². The van der Waals surface area contributed by atoms with Crippen LogP contribution in [0.3, 0.4) is 0 Å². The summed E-state index contributed by atoms with van der Waals surface area (Å²) in [4.78, 5) is 19.3. The molecule has 0 unspecified atom stereocenters. The number of carbonyl (C=O) groups is 1. The summed E-state index contributed by atoms with van der Waals surface area (Å²) in [6, 6.07) is 0. The molecule has 0 aliphatic heterocycles. The van der Waals surface area contributed by atoms with Crippen LogP contribution in [0.1, 0.15) is 23.3 Å². The maximum absolute atomic E-state index is 11.5. The number of nitrogens with one attached hydrogen (secondary N) is 2. The molecule has 4 N–H and O–H groups in total. The Morgan fingerprint density at radius 1 is 1.47 bits per heavy atom. The molecule has 6 heteroatoms. The number of nitrogens with two attached hydrogens (primary N) is 1. The van der Waals surface area contributed by atoms with Crippen molar-refractivity contribution in [1.82, 2.24) is 15.3 Å². The highest BCUT2D eigenvalue weighted by Gasteiger charge is 2.22. The Kier molecular flexibility index (Phi) is 2.77. The molecule has 2 rings (SSSR count). The molecular weight excluding hydrogens is 194 g/mol. The Bertz CT molecular complexity index is 346. The number of carbonyl (C=O) groups excluding carboxylic acids is 1. The highest BCUT2D eigenvalue weighted by molar-refractivity contribution is 5.91. The fourth-order valence-electron chi connectivity index (χ4n) is 1.17.